The Labute approximate surface area is 100 Å². The Hall–Kier alpha value is -1.80. The van der Waals surface area contributed by atoms with Gasteiger partial charge in [-0.2, -0.15) is 0 Å². The van der Waals surface area contributed by atoms with Crippen molar-refractivity contribution in [2.75, 3.05) is 0 Å². The zero-order valence-corrected chi connectivity index (χ0v) is 9.41. The van der Waals surface area contributed by atoms with Gasteiger partial charge in [0.2, 0.25) is 0 Å². The van der Waals surface area contributed by atoms with E-state index >= 15 is 0 Å². The quantitative estimate of drug-likeness (QED) is 0.853. The molecule has 0 aromatic heterocycles. The van der Waals surface area contributed by atoms with Crippen LogP contribution in [0, 0.1) is 0 Å². The predicted octanol–water partition coefficient (Wildman–Crippen LogP) is 2.72. The van der Waals surface area contributed by atoms with E-state index in [-0.39, 0.29) is 6.10 Å². The maximum Gasteiger partial charge on any atom is 0.133 e. The number of hydrogen-bond acceptors (Lipinski definition) is 2. The van der Waals surface area contributed by atoms with Gasteiger partial charge in [-0.05, 0) is 11.6 Å². The second-order valence-electron chi connectivity index (χ2n) is 4.33. The number of aliphatic hydroxyl groups is 1. The molecule has 1 aliphatic heterocycles. The molecule has 2 nitrogen and oxygen atoms in total. The molecule has 0 spiro atoms. The van der Waals surface area contributed by atoms with E-state index in [9.17, 15) is 5.11 Å². The summed E-state index contributed by atoms with van der Waals surface area (Å²) >= 11 is 0. The van der Waals surface area contributed by atoms with E-state index < -0.39 is 6.10 Å². The Balaban J connectivity index is 1.81. The molecule has 0 aliphatic carbocycles. The predicted molar refractivity (Wildman–Crippen MR) is 66.0 cm³/mol. The van der Waals surface area contributed by atoms with Crippen LogP contribution in [0.2, 0.25) is 0 Å². The second kappa shape index (κ2) is 4.22. The highest BCUT2D eigenvalue weighted by Crippen LogP contribution is 2.37. The van der Waals surface area contributed by atoms with E-state index in [1.807, 2.05) is 42.5 Å². The lowest BCUT2D eigenvalue weighted by molar-refractivity contribution is 0.0679. The van der Waals surface area contributed by atoms with Gasteiger partial charge in [-0.3, -0.25) is 0 Å². The average molecular weight is 226 g/mol. The molecule has 2 atom stereocenters. The first-order chi connectivity index (χ1) is 8.34. The number of hydrogen-bond donors (Lipinski definition) is 1. The average Bonchev–Trinajstić information content (AvgIpc) is 2.68. The second-order valence-corrected chi connectivity index (χ2v) is 4.33. The lowest BCUT2D eigenvalue weighted by Gasteiger charge is -2.14. The van der Waals surface area contributed by atoms with Gasteiger partial charge >= 0.3 is 0 Å². The summed E-state index contributed by atoms with van der Waals surface area (Å²) in [7, 11) is 0. The fourth-order valence-electron chi connectivity index (χ4n) is 2.26. The first-order valence-corrected chi connectivity index (χ1v) is 5.82. The van der Waals surface area contributed by atoms with Gasteiger partial charge in [0.1, 0.15) is 18.0 Å². The van der Waals surface area contributed by atoms with Crippen molar-refractivity contribution in [3.8, 4) is 5.75 Å². The smallest absolute Gasteiger partial charge is 0.133 e. The molecule has 0 bridgehead atoms. The van der Waals surface area contributed by atoms with Crippen LogP contribution in [0.4, 0.5) is 0 Å². The van der Waals surface area contributed by atoms with Crippen LogP contribution < -0.4 is 4.74 Å². The fraction of sp³-hybridized carbons (Fsp3) is 0.200. The van der Waals surface area contributed by atoms with Gasteiger partial charge < -0.3 is 9.84 Å². The molecule has 0 amide bonds. The summed E-state index contributed by atoms with van der Waals surface area (Å²) in [5, 5.41) is 10.2. The zero-order valence-electron chi connectivity index (χ0n) is 9.41. The van der Waals surface area contributed by atoms with Gasteiger partial charge in [-0.1, -0.05) is 48.5 Å². The van der Waals surface area contributed by atoms with Gasteiger partial charge in [0.05, 0.1) is 0 Å². The lowest BCUT2D eigenvalue weighted by atomic mass is 10.0. The van der Waals surface area contributed by atoms with Crippen molar-refractivity contribution in [1.82, 2.24) is 0 Å². The highest BCUT2D eigenvalue weighted by Gasteiger charge is 2.32. The van der Waals surface area contributed by atoms with Crippen LogP contribution >= 0.6 is 0 Å². The van der Waals surface area contributed by atoms with Crippen LogP contribution in [0.5, 0.6) is 5.75 Å². The minimum Gasteiger partial charge on any atom is -0.487 e. The number of aliphatic hydroxyl groups excluding tert-OH is 1. The van der Waals surface area contributed by atoms with Crippen LogP contribution in [0.15, 0.2) is 54.6 Å². The van der Waals surface area contributed by atoms with Crippen LogP contribution in [-0.4, -0.2) is 11.2 Å². The minimum atomic E-state index is -0.522. The lowest BCUT2D eigenvalue weighted by Crippen LogP contribution is -2.21. The Morgan fingerprint density at radius 3 is 2.41 bits per heavy atom. The van der Waals surface area contributed by atoms with Crippen molar-refractivity contribution in [3.05, 3.63) is 65.7 Å². The molecule has 0 saturated carbocycles. The van der Waals surface area contributed by atoms with Crippen molar-refractivity contribution >= 4 is 0 Å². The highest BCUT2D eigenvalue weighted by molar-refractivity contribution is 5.39. The van der Waals surface area contributed by atoms with Crippen molar-refractivity contribution in [2.45, 2.75) is 18.6 Å². The van der Waals surface area contributed by atoms with Crippen LogP contribution in [0.3, 0.4) is 0 Å². The monoisotopic (exact) mass is 226 g/mol. The first kappa shape index (κ1) is 10.4. The Morgan fingerprint density at radius 1 is 0.941 bits per heavy atom. The van der Waals surface area contributed by atoms with Gasteiger partial charge in [0, 0.05) is 12.0 Å². The zero-order chi connectivity index (χ0) is 11.7. The third-order valence-electron chi connectivity index (χ3n) is 3.15. The standard InChI is InChI=1S/C15H14O2/c16-15-12-8-4-5-9-13(12)17-14(15)10-11-6-2-1-3-7-11/h1-9,14-16H,10H2/t14-,15-/m1/s1. The maximum absolute atomic E-state index is 10.2. The normalized spacial score (nSPS) is 21.9. The Kier molecular flexibility index (Phi) is 2.57. The van der Waals surface area contributed by atoms with Crippen molar-refractivity contribution < 1.29 is 9.84 Å². The molecule has 2 aromatic rings. The van der Waals surface area contributed by atoms with E-state index in [0.717, 1.165) is 17.7 Å². The van der Waals surface area contributed by atoms with Gasteiger partial charge in [0.15, 0.2) is 0 Å². The van der Waals surface area contributed by atoms with E-state index in [1.54, 1.807) is 0 Å². The molecule has 2 heteroatoms. The van der Waals surface area contributed by atoms with Gasteiger partial charge in [-0.15, -0.1) is 0 Å². The topological polar surface area (TPSA) is 29.5 Å². The molecule has 17 heavy (non-hydrogen) atoms. The van der Waals surface area contributed by atoms with E-state index in [0.29, 0.717) is 0 Å². The van der Waals surface area contributed by atoms with E-state index in [1.165, 1.54) is 5.56 Å². The van der Waals surface area contributed by atoms with Crippen LogP contribution in [-0.2, 0) is 6.42 Å². The van der Waals surface area contributed by atoms with E-state index in [4.69, 9.17) is 4.74 Å². The summed E-state index contributed by atoms with van der Waals surface area (Å²) < 4.78 is 5.77. The molecule has 3 rings (SSSR count). The summed E-state index contributed by atoms with van der Waals surface area (Å²) in [6, 6.07) is 17.8. The SMILES string of the molecule is O[C@@H]1c2ccccc2O[C@@H]1Cc1ccccc1. The molecule has 1 aliphatic rings. The Morgan fingerprint density at radius 2 is 1.65 bits per heavy atom. The maximum atomic E-state index is 10.2. The van der Waals surface area contributed by atoms with Gasteiger partial charge in [-0.25, -0.2) is 0 Å². The summed E-state index contributed by atoms with van der Waals surface area (Å²) in [6.45, 7) is 0. The van der Waals surface area contributed by atoms with E-state index in [2.05, 4.69) is 12.1 Å². The molecule has 0 radical (unpaired) electrons. The molecule has 1 N–H and O–H groups in total. The number of ether oxygens (including phenoxy) is 1. The summed E-state index contributed by atoms with van der Waals surface area (Å²) in [6.07, 6.45) is 0.0395. The summed E-state index contributed by atoms with van der Waals surface area (Å²) in [5.74, 6) is 0.806. The molecular weight excluding hydrogens is 212 g/mol. The summed E-state index contributed by atoms with van der Waals surface area (Å²) in [4.78, 5) is 0. The Bertz CT molecular complexity index is 507. The van der Waals surface area contributed by atoms with Crippen molar-refractivity contribution in [2.24, 2.45) is 0 Å². The van der Waals surface area contributed by atoms with Crippen LogP contribution in [0.1, 0.15) is 17.2 Å². The molecule has 0 unspecified atom stereocenters. The third-order valence-corrected chi connectivity index (χ3v) is 3.15. The largest absolute Gasteiger partial charge is 0.487 e. The van der Waals surface area contributed by atoms with Gasteiger partial charge in [0.25, 0.3) is 0 Å². The van der Waals surface area contributed by atoms with Crippen LogP contribution in [0.25, 0.3) is 0 Å². The molecule has 2 aromatic carbocycles. The van der Waals surface area contributed by atoms with Crippen molar-refractivity contribution in [3.63, 3.8) is 0 Å². The fourth-order valence-corrected chi connectivity index (χ4v) is 2.26. The number of benzene rings is 2. The third kappa shape index (κ3) is 1.92. The highest BCUT2D eigenvalue weighted by atomic mass is 16.5. The number of para-hydroxylation sites is 1. The minimum absolute atomic E-state index is 0.171. The molecule has 0 fully saturated rings. The molecule has 0 saturated heterocycles. The molecule has 86 valence electrons. The molecule has 1 heterocycles. The first-order valence-electron chi connectivity index (χ1n) is 5.82. The summed E-state index contributed by atoms with van der Waals surface area (Å²) in [5.41, 5.74) is 2.08. The molecular formula is C15H14O2. The van der Waals surface area contributed by atoms with Crippen molar-refractivity contribution in [1.29, 1.82) is 0 Å². The number of rotatable bonds is 2. The number of fused-ring (bicyclic) bond motifs is 1.